The van der Waals surface area contributed by atoms with Gasteiger partial charge < -0.3 is 14.9 Å². The third kappa shape index (κ3) is 39.6. The Morgan fingerprint density at radius 3 is 1.75 bits per heavy atom. The number of aliphatic hydroxyl groups excluding tert-OH is 2. The molecule has 0 aromatic carbocycles. The number of rotatable bonds is 2. The first-order valence-corrected chi connectivity index (χ1v) is 2.54. The van der Waals surface area contributed by atoms with Crippen LogP contribution in [-0.2, 0) is 4.74 Å². The molecule has 0 spiro atoms. The summed E-state index contributed by atoms with van der Waals surface area (Å²) in [5.74, 6) is 0. The second-order valence-corrected chi connectivity index (χ2v) is 1.03. The molecule has 0 unspecified atom stereocenters. The van der Waals surface area contributed by atoms with Gasteiger partial charge in [-0.05, 0) is 6.92 Å². The molecule has 0 heterocycles. The molecule has 0 atom stereocenters. The summed E-state index contributed by atoms with van der Waals surface area (Å²) in [5, 5.41) is 15.5. The lowest BCUT2D eigenvalue weighted by Gasteiger charge is -1.84. The van der Waals surface area contributed by atoms with Crippen molar-refractivity contribution in [1.82, 2.24) is 0 Å². The number of hydrogen-bond acceptors (Lipinski definition) is 3. The van der Waals surface area contributed by atoms with Crippen molar-refractivity contribution in [3.05, 3.63) is 0 Å². The summed E-state index contributed by atoms with van der Waals surface area (Å²) in [6, 6.07) is 0. The van der Waals surface area contributed by atoms with Crippen LogP contribution in [-0.4, -0.2) is 37.1 Å². The third-order valence-electron chi connectivity index (χ3n) is 0.295. The quantitative estimate of drug-likeness (QED) is 0.525. The summed E-state index contributed by atoms with van der Waals surface area (Å²) in [6.07, 6.45) is 0. The molecule has 8 heavy (non-hydrogen) atoms. The standard InChI is InChI=1S/C3H8O2.C2H6O/c1-5-3-2-4;1-2-3/h4H,2-3H2,1H3;3H,2H2,1H3. The summed E-state index contributed by atoms with van der Waals surface area (Å²) in [5.41, 5.74) is 0. The Labute approximate surface area is 49.9 Å². The highest BCUT2D eigenvalue weighted by atomic mass is 16.5. The van der Waals surface area contributed by atoms with E-state index in [1.165, 1.54) is 0 Å². The van der Waals surface area contributed by atoms with Crippen LogP contribution in [0.2, 0.25) is 0 Å². The molecule has 0 saturated heterocycles. The first kappa shape index (κ1) is 10.8. The van der Waals surface area contributed by atoms with E-state index in [0.717, 1.165) is 0 Å². The smallest absolute Gasteiger partial charge is 0.0693 e. The van der Waals surface area contributed by atoms with E-state index in [0.29, 0.717) is 6.61 Å². The van der Waals surface area contributed by atoms with Gasteiger partial charge in [-0.25, -0.2) is 0 Å². The molecule has 3 nitrogen and oxygen atoms in total. The zero-order valence-corrected chi connectivity index (χ0v) is 5.42. The van der Waals surface area contributed by atoms with Crippen LogP contribution in [0.4, 0.5) is 0 Å². The van der Waals surface area contributed by atoms with Crippen molar-refractivity contribution in [2.45, 2.75) is 6.92 Å². The van der Waals surface area contributed by atoms with Gasteiger partial charge in [-0.1, -0.05) is 0 Å². The van der Waals surface area contributed by atoms with Gasteiger partial charge in [0.05, 0.1) is 13.2 Å². The van der Waals surface area contributed by atoms with Crippen molar-refractivity contribution < 1.29 is 14.9 Å². The number of ether oxygens (including phenoxy) is 1. The maximum atomic E-state index is 7.94. The molecule has 0 bridgehead atoms. The average Bonchev–Trinajstić information content (AvgIpc) is 1.71. The number of methoxy groups -OCH3 is 1. The first-order valence-electron chi connectivity index (χ1n) is 2.54. The lowest BCUT2D eigenvalue weighted by atomic mass is 10.8. The van der Waals surface area contributed by atoms with Gasteiger partial charge in [0.2, 0.25) is 0 Å². The summed E-state index contributed by atoms with van der Waals surface area (Å²) < 4.78 is 4.44. The lowest BCUT2D eigenvalue weighted by Crippen LogP contribution is -1.91. The highest BCUT2D eigenvalue weighted by Gasteiger charge is 1.67. The Morgan fingerprint density at radius 2 is 1.75 bits per heavy atom. The third-order valence-corrected chi connectivity index (χ3v) is 0.295. The zero-order chi connectivity index (χ0) is 6.83. The van der Waals surface area contributed by atoms with E-state index in [1.54, 1.807) is 14.0 Å². The van der Waals surface area contributed by atoms with Gasteiger partial charge in [-0.3, -0.25) is 0 Å². The maximum Gasteiger partial charge on any atom is 0.0693 e. The van der Waals surface area contributed by atoms with Crippen LogP contribution in [0.25, 0.3) is 0 Å². The normalized spacial score (nSPS) is 7.50. The van der Waals surface area contributed by atoms with Crippen molar-refractivity contribution in [1.29, 1.82) is 0 Å². The van der Waals surface area contributed by atoms with Crippen molar-refractivity contribution in [2.24, 2.45) is 0 Å². The SMILES string of the molecule is CCO.COCCO. The van der Waals surface area contributed by atoms with E-state index in [1.807, 2.05) is 0 Å². The molecule has 0 amide bonds. The molecule has 0 radical (unpaired) electrons. The van der Waals surface area contributed by atoms with Crippen LogP contribution < -0.4 is 0 Å². The monoisotopic (exact) mass is 122 g/mol. The maximum absolute atomic E-state index is 7.94. The molecule has 2 N–H and O–H groups in total. The topological polar surface area (TPSA) is 49.7 Å². The van der Waals surface area contributed by atoms with Crippen molar-refractivity contribution in [3.8, 4) is 0 Å². The Balaban J connectivity index is 0. The largest absolute Gasteiger partial charge is 0.397 e. The molecule has 3 heteroatoms. The first-order chi connectivity index (χ1) is 3.83. The highest BCUT2D eigenvalue weighted by molar-refractivity contribution is 4.12. The fourth-order valence-corrected chi connectivity index (χ4v) is 0.0913. The van der Waals surface area contributed by atoms with E-state index in [4.69, 9.17) is 10.2 Å². The van der Waals surface area contributed by atoms with Gasteiger partial charge in [0.15, 0.2) is 0 Å². The fourth-order valence-electron chi connectivity index (χ4n) is 0.0913. The fraction of sp³-hybridized carbons (Fsp3) is 1.00. The molecular formula is C5H14O3. The highest BCUT2D eigenvalue weighted by Crippen LogP contribution is 1.56. The Hall–Kier alpha value is -0.120. The van der Waals surface area contributed by atoms with Gasteiger partial charge in [0.1, 0.15) is 0 Å². The Morgan fingerprint density at radius 1 is 1.38 bits per heavy atom. The molecule has 0 saturated carbocycles. The van der Waals surface area contributed by atoms with Crippen LogP contribution >= 0.6 is 0 Å². The Kier molecular flexibility index (Phi) is 21.3. The van der Waals surface area contributed by atoms with Crippen molar-refractivity contribution in [2.75, 3.05) is 26.9 Å². The van der Waals surface area contributed by atoms with E-state index >= 15 is 0 Å². The number of aliphatic hydroxyl groups is 2. The van der Waals surface area contributed by atoms with Crippen LogP contribution in [0, 0.1) is 0 Å². The minimum atomic E-state index is 0.122. The van der Waals surface area contributed by atoms with Crippen molar-refractivity contribution >= 4 is 0 Å². The van der Waals surface area contributed by atoms with Gasteiger partial charge in [-0.2, -0.15) is 0 Å². The Bertz CT molecular complexity index is 21.6. The van der Waals surface area contributed by atoms with Crippen LogP contribution in [0.3, 0.4) is 0 Å². The summed E-state index contributed by atoms with van der Waals surface area (Å²) in [4.78, 5) is 0. The number of hydrogen-bond donors (Lipinski definition) is 2. The average molecular weight is 122 g/mol. The lowest BCUT2D eigenvalue weighted by molar-refractivity contribution is 0.135. The van der Waals surface area contributed by atoms with E-state index in [2.05, 4.69) is 4.74 Å². The van der Waals surface area contributed by atoms with Gasteiger partial charge in [-0.15, -0.1) is 0 Å². The van der Waals surface area contributed by atoms with E-state index in [-0.39, 0.29) is 13.2 Å². The zero-order valence-electron chi connectivity index (χ0n) is 5.42. The summed E-state index contributed by atoms with van der Waals surface area (Å²) in [6.45, 7) is 2.50. The van der Waals surface area contributed by atoms with Crippen molar-refractivity contribution in [3.63, 3.8) is 0 Å². The summed E-state index contributed by atoms with van der Waals surface area (Å²) in [7, 11) is 1.55. The van der Waals surface area contributed by atoms with Crippen LogP contribution in [0.5, 0.6) is 0 Å². The molecular weight excluding hydrogens is 108 g/mol. The predicted molar refractivity (Wildman–Crippen MR) is 31.7 cm³/mol. The molecule has 0 fully saturated rings. The van der Waals surface area contributed by atoms with Gasteiger partial charge in [0.25, 0.3) is 0 Å². The predicted octanol–water partition coefficient (Wildman–Crippen LogP) is -0.376. The second kappa shape index (κ2) is 15.8. The van der Waals surface area contributed by atoms with E-state index in [9.17, 15) is 0 Å². The van der Waals surface area contributed by atoms with Gasteiger partial charge in [0, 0.05) is 13.7 Å². The van der Waals surface area contributed by atoms with Crippen LogP contribution in [0.1, 0.15) is 6.92 Å². The molecule has 52 valence electrons. The molecule has 0 rings (SSSR count). The summed E-state index contributed by atoms with van der Waals surface area (Å²) >= 11 is 0. The minimum Gasteiger partial charge on any atom is -0.397 e. The molecule has 0 aromatic rings. The minimum absolute atomic E-state index is 0.122. The molecule has 0 aliphatic carbocycles. The van der Waals surface area contributed by atoms with E-state index < -0.39 is 0 Å². The molecule has 0 aliphatic rings. The molecule has 0 aliphatic heterocycles. The molecule has 0 aromatic heterocycles. The van der Waals surface area contributed by atoms with Crippen LogP contribution in [0.15, 0.2) is 0 Å². The van der Waals surface area contributed by atoms with Gasteiger partial charge >= 0.3 is 0 Å². The second-order valence-electron chi connectivity index (χ2n) is 1.03.